The molecule has 0 unspecified atom stereocenters. The number of rotatable bonds is 5. The van der Waals surface area contributed by atoms with Crippen molar-refractivity contribution in [2.24, 2.45) is 0 Å². The zero-order valence-corrected chi connectivity index (χ0v) is 17.1. The summed E-state index contributed by atoms with van der Waals surface area (Å²) in [5.41, 5.74) is 1.61. The predicted molar refractivity (Wildman–Crippen MR) is 111 cm³/mol. The van der Waals surface area contributed by atoms with Crippen LogP contribution in [0.25, 0.3) is 16.7 Å². The van der Waals surface area contributed by atoms with E-state index >= 15 is 0 Å². The predicted octanol–water partition coefficient (Wildman–Crippen LogP) is 1.67. The first-order chi connectivity index (χ1) is 14.5. The van der Waals surface area contributed by atoms with Crippen molar-refractivity contribution < 1.29 is 0 Å². The Morgan fingerprint density at radius 1 is 1.03 bits per heavy atom. The molecular weight excluding hydrogens is 382 g/mol. The van der Waals surface area contributed by atoms with Gasteiger partial charge in [-0.15, -0.1) is 10.2 Å². The summed E-state index contributed by atoms with van der Waals surface area (Å²) < 4.78 is 4.59. The molecule has 4 rings (SSSR count). The minimum atomic E-state index is -0.448. The fourth-order valence-electron chi connectivity index (χ4n) is 3.88. The van der Waals surface area contributed by atoms with Crippen molar-refractivity contribution in [3.8, 4) is 6.07 Å². The maximum absolute atomic E-state index is 12.9. The first-order valence-corrected chi connectivity index (χ1v) is 9.94. The molecule has 4 aromatic rings. The Kier molecular flexibility index (Phi) is 4.91. The van der Waals surface area contributed by atoms with E-state index in [9.17, 15) is 14.9 Å². The molecule has 30 heavy (non-hydrogen) atoms. The quantitative estimate of drug-likeness (QED) is 0.501. The number of aryl methyl sites for hydroxylation is 2. The van der Waals surface area contributed by atoms with Gasteiger partial charge in [-0.05, 0) is 37.5 Å². The van der Waals surface area contributed by atoms with E-state index in [1.807, 2.05) is 45.0 Å². The first-order valence-electron chi connectivity index (χ1n) is 9.94. The van der Waals surface area contributed by atoms with Crippen molar-refractivity contribution in [3.63, 3.8) is 0 Å². The van der Waals surface area contributed by atoms with Gasteiger partial charge in [-0.1, -0.05) is 26.0 Å². The van der Waals surface area contributed by atoms with Crippen LogP contribution in [-0.2, 0) is 25.9 Å². The van der Waals surface area contributed by atoms with Gasteiger partial charge >= 0.3 is 0 Å². The Morgan fingerprint density at radius 2 is 1.80 bits per heavy atom. The highest BCUT2D eigenvalue weighted by Crippen LogP contribution is 2.16. The van der Waals surface area contributed by atoms with E-state index in [1.54, 1.807) is 15.0 Å². The van der Waals surface area contributed by atoms with Crippen LogP contribution in [-0.4, -0.2) is 28.9 Å². The monoisotopic (exact) mass is 403 g/mol. The minimum Gasteiger partial charge on any atom is -0.277 e. The molecule has 0 aliphatic carbocycles. The molecule has 1 aromatic carbocycles. The average Bonchev–Trinajstić information content (AvgIpc) is 3.18. The Bertz CT molecular complexity index is 1440. The van der Waals surface area contributed by atoms with Crippen LogP contribution in [0.1, 0.15) is 43.4 Å². The second-order valence-corrected chi connectivity index (χ2v) is 6.90. The molecule has 0 aliphatic rings. The number of nitriles is 1. The summed E-state index contributed by atoms with van der Waals surface area (Å²) in [5, 5.41) is 23.1. The molecule has 0 spiro atoms. The van der Waals surface area contributed by atoms with Crippen LogP contribution in [0.5, 0.6) is 0 Å². The van der Waals surface area contributed by atoms with Crippen LogP contribution in [0.2, 0.25) is 0 Å². The van der Waals surface area contributed by atoms with Gasteiger partial charge in [0, 0.05) is 6.54 Å². The van der Waals surface area contributed by atoms with Crippen LogP contribution < -0.4 is 11.1 Å². The first kappa shape index (κ1) is 19.5. The molecule has 0 N–H and O–H groups in total. The van der Waals surface area contributed by atoms with Crippen LogP contribution in [0.4, 0.5) is 0 Å². The van der Waals surface area contributed by atoms with Gasteiger partial charge in [-0.25, -0.2) is 4.68 Å². The Hall–Kier alpha value is -3.80. The summed E-state index contributed by atoms with van der Waals surface area (Å²) in [6, 6.07) is 9.27. The largest absolute Gasteiger partial charge is 0.285 e. The SMILES string of the molecule is CCc1nn(Cc2nnc3n(CC)c(=O)c4ccccc4n23)c(=O)c(C#N)c1CC. The van der Waals surface area contributed by atoms with Gasteiger partial charge in [-0.2, -0.15) is 10.4 Å². The van der Waals surface area contributed by atoms with E-state index in [-0.39, 0.29) is 17.7 Å². The zero-order chi connectivity index (χ0) is 21.4. The third-order valence-electron chi connectivity index (χ3n) is 5.32. The van der Waals surface area contributed by atoms with Gasteiger partial charge in [0.05, 0.1) is 16.6 Å². The molecule has 0 aliphatic heterocycles. The van der Waals surface area contributed by atoms with Crippen molar-refractivity contribution in [1.82, 2.24) is 28.9 Å². The van der Waals surface area contributed by atoms with Crippen molar-refractivity contribution >= 4 is 16.7 Å². The van der Waals surface area contributed by atoms with Crippen molar-refractivity contribution in [1.29, 1.82) is 5.26 Å². The highest BCUT2D eigenvalue weighted by atomic mass is 16.1. The minimum absolute atomic E-state index is 0.0393. The van der Waals surface area contributed by atoms with Crippen molar-refractivity contribution in [3.05, 3.63) is 67.6 Å². The average molecular weight is 403 g/mol. The molecule has 3 aromatic heterocycles. The van der Waals surface area contributed by atoms with Gasteiger partial charge in [0.1, 0.15) is 18.2 Å². The number of nitrogens with zero attached hydrogens (tertiary/aromatic N) is 7. The third-order valence-corrected chi connectivity index (χ3v) is 5.32. The summed E-state index contributed by atoms with van der Waals surface area (Å²) >= 11 is 0. The van der Waals surface area contributed by atoms with E-state index in [1.165, 1.54) is 4.68 Å². The Labute approximate surface area is 171 Å². The summed E-state index contributed by atoms with van der Waals surface area (Å²) in [6.07, 6.45) is 1.17. The fraction of sp³-hybridized carbons (Fsp3) is 0.333. The second kappa shape index (κ2) is 7.55. The summed E-state index contributed by atoms with van der Waals surface area (Å²) in [6.45, 7) is 6.19. The van der Waals surface area contributed by atoms with E-state index < -0.39 is 5.56 Å². The van der Waals surface area contributed by atoms with Gasteiger partial charge in [0.25, 0.3) is 11.1 Å². The third kappa shape index (κ3) is 2.80. The van der Waals surface area contributed by atoms with Crippen molar-refractivity contribution in [2.45, 2.75) is 46.7 Å². The lowest BCUT2D eigenvalue weighted by Crippen LogP contribution is -2.30. The highest BCUT2D eigenvalue weighted by Gasteiger charge is 2.19. The van der Waals surface area contributed by atoms with Gasteiger partial charge in [0.15, 0.2) is 5.82 Å². The summed E-state index contributed by atoms with van der Waals surface area (Å²) in [7, 11) is 0. The number of hydrogen-bond donors (Lipinski definition) is 0. The Morgan fingerprint density at radius 3 is 2.47 bits per heavy atom. The molecule has 0 fully saturated rings. The lowest BCUT2D eigenvalue weighted by Gasteiger charge is -2.12. The van der Waals surface area contributed by atoms with E-state index in [0.717, 1.165) is 5.69 Å². The zero-order valence-electron chi connectivity index (χ0n) is 17.1. The maximum atomic E-state index is 12.9. The van der Waals surface area contributed by atoms with Crippen LogP contribution in [0.3, 0.4) is 0 Å². The number of benzene rings is 1. The molecule has 0 bridgehead atoms. The molecular formula is C21H21N7O2. The molecule has 9 nitrogen and oxygen atoms in total. The van der Waals surface area contributed by atoms with Gasteiger partial charge in [0.2, 0.25) is 5.78 Å². The summed E-state index contributed by atoms with van der Waals surface area (Å²) in [4.78, 5) is 25.7. The van der Waals surface area contributed by atoms with Crippen molar-refractivity contribution in [2.75, 3.05) is 0 Å². The normalized spacial score (nSPS) is 11.3. The summed E-state index contributed by atoms with van der Waals surface area (Å²) in [5.74, 6) is 0.874. The van der Waals surface area contributed by atoms with Crippen LogP contribution in [0.15, 0.2) is 33.9 Å². The lowest BCUT2D eigenvalue weighted by atomic mass is 10.0. The molecule has 9 heteroatoms. The molecule has 152 valence electrons. The van der Waals surface area contributed by atoms with Crippen LogP contribution >= 0.6 is 0 Å². The number of hydrogen-bond acceptors (Lipinski definition) is 6. The van der Waals surface area contributed by atoms with Crippen LogP contribution in [0, 0.1) is 11.3 Å². The number of fused-ring (bicyclic) bond motifs is 3. The maximum Gasteiger partial charge on any atom is 0.285 e. The molecule has 0 atom stereocenters. The molecule has 0 saturated heterocycles. The molecule has 0 saturated carbocycles. The highest BCUT2D eigenvalue weighted by molar-refractivity contribution is 5.80. The Balaban J connectivity index is 2.00. The van der Waals surface area contributed by atoms with E-state index in [2.05, 4.69) is 15.3 Å². The van der Waals surface area contributed by atoms with E-state index in [0.29, 0.717) is 47.5 Å². The van der Waals surface area contributed by atoms with Gasteiger partial charge < -0.3 is 0 Å². The molecule has 3 heterocycles. The van der Waals surface area contributed by atoms with E-state index in [4.69, 9.17) is 0 Å². The second-order valence-electron chi connectivity index (χ2n) is 6.90. The lowest BCUT2D eigenvalue weighted by molar-refractivity contribution is 0.589. The fourth-order valence-corrected chi connectivity index (χ4v) is 3.88. The number of para-hydroxylation sites is 1. The smallest absolute Gasteiger partial charge is 0.277 e. The molecule has 0 amide bonds. The topological polar surface area (TPSA) is 111 Å². The molecule has 0 radical (unpaired) electrons. The van der Waals surface area contributed by atoms with Gasteiger partial charge in [-0.3, -0.25) is 18.6 Å². The standard InChI is InChI=1S/C21H21N7O2/c1-4-13-15(11-22)20(30)27(25-16(13)5-2)12-18-23-24-21-26(6-3)19(29)14-9-7-8-10-17(14)28(18)21/h7-10H,4-6,12H2,1-3H3. The number of aromatic nitrogens is 6.